The molecule has 1 fully saturated rings. The minimum atomic E-state index is -0.710. The summed E-state index contributed by atoms with van der Waals surface area (Å²) in [7, 11) is 0. The summed E-state index contributed by atoms with van der Waals surface area (Å²) in [5.41, 5.74) is 4.37. The van der Waals surface area contributed by atoms with Crippen molar-refractivity contribution >= 4 is 29.3 Å². The first-order valence-corrected chi connectivity index (χ1v) is 10.5. The third-order valence-corrected chi connectivity index (χ3v) is 6.72. The second kappa shape index (κ2) is 7.14. The standard InChI is InChI=1S/C24H22N6.ClH/c1-16-18-14-24(15-25,23-26-19-10-5-6-11-20(19)27-23)21-12-7-13-29(21)22(18)30(28-16)17-8-3-2-4-9-17;/h2-6,8-11,21H,7,12-14H2,1H3,(H,26,27);1H. The number of aromatic nitrogens is 4. The van der Waals surface area contributed by atoms with Crippen molar-refractivity contribution in [3.05, 3.63) is 71.7 Å². The summed E-state index contributed by atoms with van der Waals surface area (Å²) >= 11 is 0. The Kier molecular flexibility index (Phi) is 4.53. The molecule has 2 aliphatic rings. The van der Waals surface area contributed by atoms with Crippen LogP contribution in [0.3, 0.4) is 0 Å². The van der Waals surface area contributed by atoms with Gasteiger partial charge >= 0.3 is 0 Å². The van der Waals surface area contributed by atoms with E-state index in [2.05, 4.69) is 39.7 Å². The Bertz CT molecular complexity index is 1270. The van der Waals surface area contributed by atoms with E-state index in [1.165, 1.54) is 0 Å². The number of anilines is 1. The Morgan fingerprint density at radius 3 is 2.68 bits per heavy atom. The maximum Gasteiger partial charge on any atom is 0.139 e. The minimum Gasteiger partial charge on any atom is -0.351 e. The molecule has 2 aliphatic heterocycles. The molecular weight excluding hydrogens is 408 g/mol. The van der Waals surface area contributed by atoms with Gasteiger partial charge < -0.3 is 9.88 Å². The number of nitrogens with one attached hydrogen (secondary N) is 1. The van der Waals surface area contributed by atoms with E-state index < -0.39 is 5.41 Å². The van der Waals surface area contributed by atoms with Crippen LogP contribution in [-0.2, 0) is 11.8 Å². The SMILES string of the molecule is Cc1nn(-c2ccccc2)c2c1CC(C#N)(c1nc3ccccc3[nH]1)C1CCCN21.Cl. The van der Waals surface area contributed by atoms with Crippen LogP contribution in [0.25, 0.3) is 16.7 Å². The van der Waals surface area contributed by atoms with Crippen LogP contribution >= 0.6 is 12.4 Å². The van der Waals surface area contributed by atoms with E-state index in [0.717, 1.165) is 59.0 Å². The van der Waals surface area contributed by atoms with Crippen molar-refractivity contribution in [3.8, 4) is 11.8 Å². The average Bonchev–Trinajstić information content (AvgIpc) is 3.51. The first kappa shape index (κ1) is 19.7. The van der Waals surface area contributed by atoms with Gasteiger partial charge in [-0.1, -0.05) is 30.3 Å². The summed E-state index contributed by atoms with van der Waals surface area (Å²) in [5, 5.41) is 15.4. The number of halogens is 1. The van der Waals surface area contributed by atoms with Crippen molar-refractivity contribution in [2.24, 2.45) is 0 Å². The van der Waals surface area contributed by atoms with Gasteiger partial charge in [0.25, 0.3) is 0 Å². The molecule has 2 aromatic heterocycles. The fraction of sp³-hybridized carbons (Fsp3) is 0.292. The maximum absolute atomic E-state index is 10.5. The van der Waals surface area contributed by atoms with Crippen LogP contribution in [0.5, 0.6) is 0 Å². The van der Waals surface area contributed by atoms with Crippen molar-refractivity contribution in [1.29, 1.82) is 5.26 Å². The molecule has 31 heavy (non-hydrogen) atoms. The number of benzene rings is 2. The summed E-state index contributed by atoms with van der Waals surface area (Å²) in [6.45, 7) is 2.98. The smallest absolute Gasteiger partial charge is 0.139 e. The number of imidazole rings is 1. The van der Waals surface area contributed by atoms with Crippen LogP contribution in [0.2, 0.25) is 0 Å². The Morgan fingerprint density at radius 2 is 1.90 bits per heavy atom. The van der Waals surface area contributed by atoms with Gasteiger partial charge in [-0.15, -0.1) is 12.4 Å². The van der Waals surface area contributed by atoms with Crippen LogP contribution in [0, 0.1) is 18.3 Å². The molecule has 2 aromatic carbocycles. The highest BCUT2D eigenvalue weighted by atomic mass is 35.5. The van der Waals surface area contributed by atoms with E-state index in [4.69, 9.17) is 10.1 Å². The highest BCUT2D eigenvalue weighted by Gasteiger charge is 2.54. The number of para-hydroxylation sites is 3. The molecule has 0 bridgehead atoms. The Hall–Kier alpha value is -3.30. The number of hydrogen-bond acceptors (Lipinski definition) is 4. The molecule has 0 saturated carbocycles. The Balaban J connectivity index is 0.00000204. The Labute approximate surface area is 186 Å². The van der Waals surface area contributed by atoms with Gasteiger partial charge in [0.05, 0.1) is 34.5 Å². The van der Waals surface area contributed by atoms with Gasteiger partial charge in [0.15, 0.2) is 0 Å². The summed E-state index contributed by atoms with van der Waals surface area (Å²) < 4.78 is 2.06. The first-order chi connectivity index (χ1) is 14.7. The molecule has 6 rings (SSSR count). The zero-order valence-corrected chi connectivity index (χ0v) is 18.1. The van der Waals surface area contributed by atoms with Gasteiger partial charge in [-0.3, -0.25) is 0 Å². The van der Waals surface area contributed by atoms with Crippen molar-refractivity contribution in [2.45, 2.75) is 37.6 Å². The predicted molar refractivity (Wildman–Crippen MR) is 123 cm³/mol. The van der Waals surface area contributed by atoms with Crippen molar-refractivity contribution < 1.29 is 0 Å². The third kappa shape index (κ3) is 2.70. The van der Waals surface area contributed by atoms with Crippen LogP contribution in [0.4, 0.5) is 5.82 Å². The Morgan fingerprint density at radius 1 is 1.13 bits per heavy atom. The number of fused-ring (bicyclic) bond motifs is 4. The molecule has 1 saturated heterocycles. The van der Waals surface area contributed by atoms with E-state index in [-0.39, 0.29) is 18.4 Å². The largest absolute Gasteiger partial charge is 0.351 e. The van der Waals surface area contributed by atoms with Crippen LogP contribution < -0.4 is 4.90 Å². The zero-order valence-electron chi connectivity index (χ0n) is 17.2. The molecule has 0 amide bonds. The van der Waals surface area contributed by atoms with Gasteiger partial charge in [-0.25, -0.2) is 9.67 Å². The summed E-state index contributed by atoms with van der Waals surface area (Å²) in [5.74, 6) is 1.92. The van der Waals surface area contributed by atoms with E-state index in [9.17, 15) is 5.26 Å². The normalized spacial score (nSPS) is 21.9. The highest BCUT2D eigenvalue weighted by molar-refractivity contribution is 5.85. The molecular formula is C24H23ClN6. The quantitative estimate of drug-likeness (QED) is 0.509. The number of rotatable bonds is 2. The average molecular weight is 431 g/mol. The predicted octanol–water partition coefficient (Wildman–Crippen LogP) is 4.47. The van der Waals surface area contributed by atoms with Crippen LogP contribution in [-0.4, -0.2) is 32.3 Å². The monoisotopic (exact) mass is 430 g/mol. The summed E-state index contributed by atoms with van der Waals surface area (Å²) in [4.78, 5) is 10.8. The van der Waals surface area contributed by atoms with E-state index in [1.54, 1.807) is 0 Å². The molecule has 0 spiro atoms. The lowest BCUT2D eigenvalue weighted by Gasteiger charge is -2.42. The molecule has 4 heterocycles. The van der Waals surface area contributed by atoms with Crippen LogP contribution in [0.15, 0.2) is 54.6 Å². The number of H-pyrrole nitrogens is 1. The van der Waals surface area contributed by atoms with E-state index in [1.807, 2.05) is 42.5 Å². The number of nitriles is 1. The number of aryl methyl sites for hydroxylation is 1. The fourth-order valence-electron chi connectivity index (χ4n) is 5.30. The first-order valence-electron chi connectivity index (χ1n) is 10.5. The van der Waals surface area contributed by atoms with E-state index in [0.29, 0.717) is 6.42 Å². The lowest BCUT2D eigenvalue weighted by atomic mass is 9.72. The molecule has 0 radical (unpaired) electrons. The number of aromatic amines is 1. The van der Waals surface area contributed by atoms with E-state index >= 15 is 0 Å². The second-order valence-electron chi connectivity index (χ2n) is 8.35. The van der Waals surface area contributed by atoms with Crippen molar-refractivity contribution in [2.75, 3.05) is 11.4 Å². The molecule has 1 N–H and O–H groups in total. The van der Waals surface area contributed by atoms with Gasteiger partial charge in [0, 0.05) is 18.5 Å². The lowest BCUT2D eigenvalue weighted by Crippen LogP contribution is -2.52. The fourth-order valence-corrected chi connectivity index (χ4v) is 5.30. The summed E-state index contributed by atoms with van der Waals surface area (Å²) in [6, 6.07) is 21.1. The van der Waals surface area contributed by atoms with Crippen LogP contribution in [0.1, 0.15) is 29.9 Å². The van der Waals surface area contributed by atoms with Gasteiger partial charge in [0.2, 0.25) is 0 Å². The topological polar surface area (TPSA) is 73.5 Å². The van der Waals surface area contributed by atoms with Gasteiger partial charge in [-0.05, 0) is 44.0 Å². The number of nitrogens with zero attached hydrogens (tertiary/aromatic N) is 5. The molecule has 7 heteroatoms. The van der Waals surface area contributed by atoms with Gasteiger partial charge in [-0.2, -0.15) is 10.4 Å². The molecule has 4 aromatic rings. The summed E-state index contributed by atoms with van der Waals surface area (Å²) in [6.07, 6.45) is 2.66. The lowest BCUT2D eigenvalue weighted by molar-refractivity contribution is 0.390. The zero-order chi connectivity index (χ0) is 20.3. The van der Waals surface area contributed by atoms with Gasteiger partial charge in [0.1, 0.15) is 17.1 Å². The molecule has 156 valence electrons. The number of hydrogen-bond donors (Lipinski definition) is 1. The molecule has 6 nitrogen and oxygen atoms in total. The molecule has 0 aliphatic carbocycles. The van der Waals surface area contributed by atoms with Crippen molar-refractivity contribution in [1.82, 2.24) is 19.7 Å². The third-order valence-electron chi connectivity index (χ3n) is 6.72. The second-order valence-corrected chi connectivity index (χ2v) is 8.35. The van der Waals surface area contributed by atoms with Crippen molar-refractivity contribution in [3.63, 3.8) is 0 Å². The highest BCUT2D eigenvalue weighted by Crippen LogP contribution is 2.48. The maximum atomic E-state index is 10.5. The molecule has 2 atom stereocenters. The minimum absolute atomic E-state index is 0. The molecule has 2 unspecified atom stereocenters.